The van der Waals surface area contributed by atoms with Crippen molar-refractivity contribution in [1.82, 2.24) is 9.97 Å². The lowest BCUT2D eigenvalue weighted by atomic mass is 10.1. The molecule has 3 aromatic rings. The maximum absolute atomic E-state index is 13.1. The van der Waals surface area contributed by atoms with Crippen LogP contribution in [0.25, 0.3) is 0 Å². The summed E-state index contributed by atoms with van der Waals surface area (Å²) in [6, 6.07) is 12.4. The van der Waals surface area contributed by atoms with Crippen LogP contribution < -0.4 is 20.3 Å². The average molecular weight is 514 g/mol. The average Bonchev–Trinajstić information content (AvgIpc) is 3.66. The van der Waals surface area contributed by atoms with Gasteiger partial charge in [-0.05, 0) is 61.1 Å². The van der Waals surface area contributed by atoms with E-state index in [0.717, 1.165) is 30.5 Å². The Morgan fingerprint density at radius 3 is 2.41 bits per heavy atom. The Hall–Kier alpha value is -4.02. The first-order valence-electron chi connectivity index (χ1n) is 11.9. The zero-order valence-corrected chi connectivity index (χ0v) is 20.2. The number of methoxy groups -OCH3 is 1. The van der Waals surface area contributed by atoms with Crippen molar-refractivity contribution in [2.45, 2.75) is 44.7 Å². The molecular formula is C26H26F3N5O3. The van der Waals surface area contributed by atoms with Gasteiger partial charge in [0.05, 0.1) is 12.7 Å². The summed E-state index contributed by atoms with van der Waals surface area (Å²) in [6.07, 6.45) is -2.74. The molecule has 8 nitrogen and oxygen atoms in total. The fourth-order valence-electron chi connectivity index (χ4n) is 4.51. The van der Waals surface area contributed by atoms with Gasteiger partial charge in [-0.1, -0.05) is 24.3 Å². The number of hydrogen-bond donors (Lipinski definition) is 3. The topological polar surface area (TPSA) is 99.6 Å². The Bertz CT molecular complexity index is 1290. The van der Waals surface area contributed by atoms with Gasteiger partial charge in [0.2, 0.25) is 5.82 Å². The third-order valence-electron chi connectivity index (χ3n) is 6.71. The fraction of sp³-hybridized carbons (Fsp3) is 0.346. The van der Waals surface area contributed by atoms with Gasteiger partial charge < -0.3 is 25.4 Å². The SMILES string of the molecule is COc1ccc(C2Nc3nc(C(=O)O)nc(N[C@H](C)C4CC4)c3N2Cc2ccc(C(F)(F)F)cc2)cc1. The van der Waals surface area contributed by atoms with E-state index in [4.69, 9.17) is 4.74 Å². The van der Waals surface area contributed by atoms with Crippen LogP contribution >= 0.6 is 0 Å². The number of rotatable bonds is 8. The van der Waals surface area contributed by atoms with Crippen LogP contribution in [-0.2, 0) is 12.7 Å². The number of ether oxygens (including phenoxy) is 1. The second-order valence-corrected chi connectivity index (χ2v) is 9.31. The number of fused-ring (bicyclic) bond motifs is 1. The zero-order valence-electron chi connectivity index (χ0n) is 20.2. The zero-order chi connectivity index (χ0) is 26.3. The molecule has 1 fully saturated rings. The monoisotopic (exact) mass is 513 g/mol. The highest BCUT2D eigenvalue weighted by atomic mass is 19.4. The molecule has 0 amide bonds. The number of aromatic carboxylic acids is 1. The van der Waals surface area contributed by atoms with Crippen molar-refractivity contribution in [2.24, 2.45) is 5.92 Å². The van der Waals surface area contributed by atoms with E-state index in [1.165, 1.54) is 12.1 Å². The van der Waals surface area contributed by atoms with Crippen LogP contribution in [0.1, 0.15) is 53.2 Å². The first-order chi connectivity index (χ1) is 17.6. The van der Waals surface area contributed by atoms with Crippen LogP contribution in [0.5, 0.6) is 5.75 Å². The van der Waals surface area contributed by atoms with Gasteiger partial charge in [-0.2, -0.15) is 13.2 Å². The number of alkyl halides is 3. The molecule has 11 heteroatoms. The summed E-state index contributed by atoms with van der Waals surface area (Å²) < 4.78 is 44.6. The number of hydrogen-bond acceptors (Lipinski definition) is 7. The van der Waals surface area contributed by atoms with Crippen LogP contribution in [0.15, 0.2) is 48.5 Å². The van der Waals surface area contributed by atoms with Crippen molar-refractivity contribution < 1.29 is 27.8 Å². The number of benzene rings is 2. The maximum Gasteiger partial charge on any atom is 0.416 e. The van der Waals surface area contributed by atoms with Crippen molar-refractivity contribution in [3.05, 3.63) is 71.0 Å². The van der Waals surface area contributed by atoms with Gasteiger partial charge in [-0.25, -0.2) is 14.8 Å². The maximum atomic E-state index is 13.1. The summed E-state index contributed by atoms with van der Waals surface area (Å²) >= 11 is 0. The van der Waals surface area contributed by atoms with Crippen LogP contribution in [0.2, 0.25) is 0 Å². The molecule has 0 bridgehead atoms. The van der Waals surface area contributed by atoms with E-state index >= 15 is 0 Å². The van der Waals surface area contributed by atoms with Crippen LogP contribution in [0, 0.1) is 5.92 Å². The van der Waals surface area contributed by atoms with E-state index in [0.29, 0.717) is 34.6 Å². The molecule has 1 aliphatic heterocycles. The third-order valence-corrected chi connectivity index (χ3v) is 6.71. The number of carboxylic acid groups (broad SMARTS) is 1. The Kier molecular flexibility index (Phi) is 6.30. The van der Waals surface area contributed by atoms with Gasteiger partial charge in [0.15, 0.2) is 11.6 Å². The number of anilines is 3. The summed E-state index contributed by atoms with van der Waals surface area (Å²) in [7, 11) is 1.57. The Balaban J connectivity index is 1.57. The lowest BCUT2D eigenvalue weighted by Gasteiger charge is -2.29. The van der Waals surface area contributed by atoms with E-state index in [9.17, 15) is 23.1 Å². The Morgan fingerprint density at radius 2 is 1.84 bits per heavy atom. The number of nitrogens with zero attached hydrogens (tertiary/aromatic N) is 3. The van der Waals surface area contributed by atoms with Gasteiger partial charge >= 0.3 is 12.1 Å². The minimum absolute atomic E-state index is 0.0635. The lowest BCUT2D eigenvalue weighted by Crippen LogP contribution is -2.29. The van der Waals surface area contributed by atoms with E-state index in [-0.39, 0.29) is 18.4 Å². The quantitative estimate of drug-likeness (QED) is 0.361. The molecule has 3 N–H and O–H groups in total. The highest BCUT2D eigenvalue weighted by molar-refractivity contribution is 5.90. The van der Waals surface area contributed by atoms with E-state index in [1.807, 2.05) is 24.0 Å². The molecule has 1 aliphatic carbocycles. The van der Waals surface area contributed by atoms with Crippen molar-refractivity contribution in [2.75, 3.05) is 22.6 Å². The van der Waals surface area contributed by atoms with Gasteiger partial charge in [0, 0.05) is 12.6 Å². The number of carbonyl (C=O) groups is 1. The Labute approximate surface area is 211 Å². The first kappa shape index (κ1) is 24.7. The number of nitrogens with one attached hydrogen (secondary N) is 2. The lowest BCUT2D eigenvalue weighted by molar-refractivity contribution is -0.137. The van der Waals surface area contributed by atoms with E-state index in [1.54, 1.807) is 19.2 Å². The second kappa shape index (κ2) is 9.45. The van der Waals surface area contributed by atoms with Gasteiger partial charge in [-0.3, -0.25) is 0 Å². The molecule has 0 spiro atoms. The fourth-order valence-corrected chi connectivity index (χ4v) is 4.51. The van der Waals surface area contributed by atoms with Crippen LogP contribution in [-0.4, -0.2) is 34.2 Å². The van der Waals surface area contributed by atoms with Crippen LogP contribution in [0.3, 0.4) is 0 Å². The predicted molar refractivity (Wildman–Crippen MR) is 132 cm³/mol. The number of halogens is 3. The standard InChI is InChI=1S/C26H26F3N5O3/c1-14(16-5-6-16)30-21-20-22(32-23(31-21)25(35)36)33-24(17-7-11-19(37-2)12-8-17)34(20)13-15-3-9-18(10-4-15)26(27,28)29/h3-4,7-12,14,16,24H,5-6,13H2,1-2H3,(H,35,36)(H2,30,31,32,33)/t14-,24?/m1/s1. The largest absolute Gasteiger partial charge is 0.497 e. The molecule has 2 aromatic carbocycles. The minimum Gasteiger partial charge on any atom is -0.497 e. The van der Waals surface area contributed by atoms with Gasteiger partial charge in [0.1, 0.15) is 17.6 Å². The molecule has 2 aliphatic rings. The molecule has 0 radical (unpaired) electrons. The second-order valence-electron chi connectivity index (χ2n) is 9.31. The molecule has 2 heterocycles. The molecule has 1 saturated carbocycles. The summed E-state index contributed by atoms with van der Waals surface area (Å²) in [6.45, 7) is 2.26. The molecule has 2 atom stereocenters. The highest BCUT2D eigenvalue weighted by Gasteiger charge is 2.37. The van der Waals surface area contributed by atoms with Gasteiger partial charge in [-0.15, -0.1) is 0 Å². The van der Waals surface area contributed by atoms with Crippen molar-refractivity contribution in [3.63, 3.8) is 0 Å². The predicted octanol–water partition coefficient (Wildman–Crippen LogP) is 5.54. The molecule has 37 heavy (non-hydrogen) atoms. The molecular weight excluding hydrogens is 487 g/mol. The summed E-state index contributed by atoms with van der Waals surface area (Å²) in [5, 5.41) is 16.3. The smallest absolute Gasteiger partial charge is 0.416 e. The first-order valence-corrected chi connectivity index (χ1v) is 11.9. The highest BCUT2D eigenvalue weighted by Crippen LogP contribution is 2.46. The molecule has 0 saturated heterocycles. The van der Waals surface area contributed by atoms with Gasteiger partial charge in [0.25, 0.3) is 0 Å². The minimum atomic E-state index is -4.43. The third kappa shape index (κ3) is 5.11. The van der Waals surface area contributed by atoms with Crippen molar-refractivity contribution >= 4 is 23.3 Å². The number of carboxylic acids is 1. The number of aromatic nitrogens is 2. The van der Waals surface area contributed by atoms with E-state index in [2.05, 4.69) is 20.6 Å². The Morgan fingerprint density at radius 1 is 1.16 bits per heavy atom. The summed E-state index contributed by atoms with van der Waals surface area (Å²) in [4.78, 5) is 22.3. The van der Waals surface area contributed by atoms with Crippen LogP contribution in [0.4, 0.5) is 30.5 Å². The molecule has 1 unspecified atom stereocenters. The normalized spacial score (nSPS) is 17.6. The molecule has 1 aromatic heterocycles. The van der Waals surface area contributed by atoms with E-state index < -0.39 is 23.9 Å². The summed E-state index contributed by atoms with van der Waals surface area (Å²) in [5.41, 5.74) is 1.32. The molecule has 5 rings (SSSR count). The summed E-state index contributed by atoms with van der Waals surface area (Å²) in [5.74, 6) is 0.245. The molecule has 194 valence electrons. The van der Waals surface area contributed by atoms with Crippen molar-refractivity contribution in [3.8, 4) is 5.75 Å². The van der Waals surface area contributed by atoms with Crippen molar-refractivity contribution in [1.29, 1.82) is 0 Å².